The topological polar surface area (TPSA) is 49.8 Å². The van der Waals surface area contributed by atoms with Gasteiger partial charge in [0.05, 0.1) is 6.61 Å². The van der Waals surface area contributed by atoms with Gasteiger partial charge in [0, 0.05) is 32.8 Å². The number of benzene rings is 1. The first-order valence-corrected chi connectivity index (χ1v) is 7.22. The Hall–Kier alpha value is -1.65. The number of rotatable bonds is 9. The van der Waals surface area contributed by atoms with Crippen molar-refractivity contribution in [3.8, 4) is 0 Å². The molecule has 0 spiro atoms. The number of ether oxygens (including phenoxy) is 1. The third-order valence-corrected chi connectivity index (χ3v) is 3.04. The van der Waals surface area contributed by atoms with Crippen LogP contribution >= 0.6 is 0 Å². The van der Waals surface area contributed by atoms with Gasteiger partial charge in [0.15, 0.2) is 0 Å². The van der Waals surface area contributed by atoms with Crippen LogP contribution in [0, 0.1) is 5.92 Å². The molecule has 0 aliphatic carbocycles. The fourth-order valence-corrected chi connectivity index (χ4v) is 2.13. The van der Waals surface area contributed by atoms with Gasteiger partial charge in [0.25, 0.3) is 0 Å². The maximum absolute atomic E-state index is 10.5. The number of carbonyl (C=O) groups is 1. The molecular weight excluding hydrogens is 266 g/mol. The van der Waals surface area contributed by atoms with E-state index in [0.29, 0.717) is 5.92 Å². The summed E-state index contributed by atoms with van der Waals surface area (Å²) >= 11 is 0. The van der Waals surface area contributed by atoms with Gasteiger partial charge in [-0.1, -0.05) is 38.1 Å². The molecule has 0 bridgehead atoms. The number of methoxy groups -OCH3 is 1. The van der Waals surface area contributed by atoms with Gasteiger partial charge >= 0.3 is 5.97 Å². The number of carboxylic acid groups (broad SMARTS) is 1. The minimum atomic E-state index is -0.929. The first-order chi connectivity index (χ1) is 10.0. The van der Waals surface area contributed by atoms with E-state index in [1.807, 2.05) is 24.3 Å². The van der Waals surface area contributed by atoms with E-state index in [9.17, 15) is 4.79 Å². The van der Waals surface area contributed by atoms with Crippen LogP contribution in [0.2, 0.25) is 0 Å². The van der Waals surface area contributed by atoms with Crippen LogP contribution in [0.1, 0.15) is 25.0 Å². The Morgan fingerprint density at radius 1 is 1.33 bits per heavy atom. The number of aliphatic carboxylic acids is 1. The van der Waals surface area contributed by atoms with Gasteiger partial charge in [-0.15, -0.1) is 0 Å². The normalized spacial score (nSPS) is 11.7. The number of nitrogens with zero attached hydrogens (tertiary/aromatic N) is 1. The van der Waals surface area contributed by atoms with Crippen molar-refractivity contribution in [1.29, 1.82) is 0 Å². The van der Waals surface area contributed by atoms with Crippen LogP contribution in [0.4, 0.5) is 0 Å². The van der Waals surface area contributed by atoms with Gasteiger partial charge in [-0.3, -0.25) is 4.90 Å². The molecule has 0 heterocycles. The molecule has 21 heavy (non-hydrogen) atoms. The lowest BCUT2D eigenvalue weighted by atomic mass is 10.1. The molecule has 1 rings (SSSR count). The van der Waals surface area contributed by atoms with E-state index in [-0.39, 0.29) is 0 Å². The molecule has 4 nitrogen and oxygen atoms in total. The number of hydrogen-bond donors (Lipinski definition) is 1. The van der Waals surface area contributed by atoms with Crippen molar-refractivity contribution >= 4 is 12.0 Å². The lowest BCUT2D eigenvalue weighted by Gasteiger charge is -2.24. The van der Waals surface area contributed by atoms with E-state index in [2.05, 4.69) is 18.7 Å². The molecule has 0 amide bonds. The standard InChI is InChI=1S/C17H25NO3/c1-14(2)12-18(10-11-21-3)13-16-6-4-15(5-7-16)8-9-17(19)20/h4-9,14H,10-13H2,1-3H3,(H,19,20). The molecule has 0 aliphatic heterocycles. The summed E-state index contributed by atoms with van der Waals surface area (Å²) < 4.78 is 5.16. The quantitative estimate of drug-likeness (QED) is 0.711. The van der Waals surface area contributed by atoms with Crippen molar-refractivity contribution in [2.75, 3.05) is 26.8 Å². The Balaban J connectivity index is 2.64. The van der Waals surface area contributed by atoms with Crippen molar-refractivity contribution in [2.45, 2.75) is 20.4 Å². The maximum Gasteiger partial charge on any atom is 0.328 e. The molecule has 1 aromatic carbocycles. The highest BCUT2D eigenvalue weighted by Crippen LogP contribution is 2.10. The van der Waals surface area contributed by atoms with Gasteiger partial charge in [0.1, 0.15) is 0 Å². The van der Waals surface area contributed by atoms with E-state index in [1.165, 1.54) is 5.56 Å². The first kappa shape index (κ1) is 17.4. The second-order valence-corrected chi connectivity index (χ2v) is 5.53. The van der Waals surface area contributed by atoms with Crippen molar-refractivity contribution in [3.05, 3.63) is 41.5 Å². The molecule has 0 saturated heterocycles. The zero-order valence-electron chi connectivity index (χ0n) is 13.1. The van der Waals surface area contributed by atoms with E-state index < -0.39 is 5.97 Å². The molecule has 0 aliphatic rings. The Morgan fingerprint density at radius 2 is 2.00 bits per heavy atom. The molecule has 0 radical (unpaired) electrons. The van der Waals surface area contributed by atoms with E-state index in [1.54, 1.807) is 13.2 Å². The van der Waals surface area contributed by atoms with Crippen LogP contribution in [-0.4, -0.2) is 42.8 Å². The molecule has 4 heteroatoms. The Labute approximate surface area is 127 Å². The summed E-state index contributed by atoms with van der Waals surface area (Å²) in [5.41, 5.74) is 2.12. The zero-order chi connectivity index (χ0) is 15.7. The van der Waals surface area contributed by atoms with Crippen LogP contribution in [0.3, 0.4) is 0 Å². The van der Waals surface area contributed by atoms with Gasteiger partial charge in [-0.05, 0) is 23.1 Å². The van der Waals surface area contributed by atoms with Gasteiger partial charge in [0.2, 0.25) is 0 Å². The highest BCUT2D eigenvalue weighted by Gasteiger charge is 2.08. The van der Waals surface area contributed by atoms with Crippen LogP contribution in [0.15, 0.2) is 30.3 Å². The lowest BCUT2D eigenvalue weighted by Crippen LogP contribution is -2.30. The fraction of sp³-hybridized carbons (Fsp3) is 0.471. The molecule has 0 aromatic heterocycles. The first-order valence-electron chi connectivity index (χ1n) is 7.22. The second kappa shape index (κ2) is 9.32. The van der Waals surface area contributed by atoms with Crippen molar-refractivity contribution in [1.82, 2.24) is 4.90 Å². The summed E-state index contributed by atoms with van der Waals surface area (Å²) in [6.07, 6.45) is 2.75. The summed E-state index contributed by atoms with van der Waals surface area (Å²) in [5.74, 6) is -0.318. The summed E-state index contributed by atoms with van der Waals surface area (Å²) in [6.45, 7) is 7.97. The molecule has 1 N–H and O–H groups in total. The summed E-state index contributed by atoms with van der Waals surface area (Å²) in [4.78, 5) is 12.9. The summed E-state index contributed by atoms with van der Waals surface area (Å²) in [5, 5.41) is 8.61. The summed E-state index contributed by atoms with van der Waals surface area (Å²) in [7, 11) is 1.72. The molecule has 0 atom stereocenters. The maximum atomic E-state index is 10.5. The smallest absolute Gasteiger partial charge is 0.328 e. The minimum Gasteiger partial charge on any atom is -0.478 e. The molecule has 0 saturated carbocycles. The number of carboxylic acids is 1. The molecule has 1 aromatic rings. The predicted octanol–water partition coefficient (Wildman–Crippen LogP) is 2.89. The Bertz CT molecular complexity index is 452. The highest BCUT2D eigenvalue weighted by atomic mass is 16.5. The van der Waals surface area contributed by atoms with Crippen molar-refractivity contribution in [3.63, 3.8) is 0 Å². The highest BCUT2D eigenvalue weighted by molar-refractivity contribution is 5.85. The zero-order valence-corrected chi connectivity index (χ0v) is 13.1. The average Bonchev–Trinajstić information content (AvgIpc) is 2.43. The van der Waals surface area contributed by atoms with Gasteiger partial charge in [-0.25, -0.2) is 4.79 Å². The van der Waals surface area contributed by atoms with E-state index in [4.69, 9.17) is 9.84 Å². The molecule has 0 unspecified atom stereocenters. The fourth-order valence-electron chi connectivity index (χ4n) is 2.13. The van der Waals surface area contributed by atoms with Gasteiger partial charge in [-0.2, -0.15) is 0 Å². The predicted molar refractivity (Wildman–Crippen MR) is 85.1 cm³/mol. The van der Waals surface area contributed by atoms with Crippen molar-refractivity contribution in [2.24, 2.45) is 5.92 Å². The van der Waals surface area contributed by atoms with Crippen LogP contribution in [0.5, 0.6) is 0 Å². The summed E-state index contributed by atoms with van der Waals surface area (Å²) in [6, 6.07) is 7.97. The second-order valence-electron chi connectivity index (χ2n) is 5.53. The van der Waals surface area contributed by atoms with Crippen molar-refractivity contribution < 1.29 is 14.6 Å². The average molecular weight is 291 g/mol. The SMILES string of the molecule is COCCN(Cc1ccc(C=CC(=O)O)cc1)CC(C)C. The van der Waals surface area contributed by atoms with Crippen LogP contribution in [-0.2, 0) is 16.1 Å². The van der Waals surface area contributed by atoms with E-state index >= 15 is 0 Å². The minimum absolute atomic E-state index is 0.611. The Morgan fingerprint density at radius 3 is 2.52 bits per heavy atom. The van der Waals surface area contributed by atoms with Crippen LogP contribution in [0.25, 0.3) is 6.08 Å². The van der Waals surface area contributed by atoms with Gasteiger partial charge < -0.3 is 9.84 Å². The van der Waals surface area contributed by atoms with E-state index in [0.717, 1.165) is 37.9 Å². The largest absolute Gasteiger partial charge is 0.478 e. The molecular formula is C17H25NO3. The third-order valence-electron chi connectivity index (χ3n) is 3.04. The lowest BCUT2D eigenvalue weighted by molar-refractivity contribution is -0.131. The van der Waals surface area contributed by atoms with Crippen LogP contribution < -0.4 is 0 Å². The monoisotopic (exact) mass is 291 g/mol. The molecule has 116 valence electrons. The molecule has 0 fully saturated rings. The Kier molecular flexibility index (Phi) is 7.72. The third kappa shape index (κ3) is 7.63. The number of hydrogen-bond acceptors (Lipinski definition) is 3.